The SMILES string of the molecule is CCCCCCCCCCCCC/C=C/[C@@H](O)[C@@H](N)COP(=O)([O-])O.CCCCCCCCCCCCC/C=C/[C@@H](O)[C@H](CO)[N+](C)(C)C. The number of aliphatic hydroxyl groups is 3. The molecule has 0 rings (SSSR count). The summed E-state index contributed by atoms with van der Waals surface area (Å²) in [5.41, 5.74) is 5.57. The summed E-state index contributed by atoms with van der Waals surface area (Å²) >= 11 is 0. The predicted molar refractivity (Wildman–Crippen MR) is 205 cm³/mol. The van der Waals surface area contributed by atoms with E-state index in [4.69, 9.17) is 10.6 Å². The van der Waals surface area contributed by atoms with Crippen LogP contribution in [0.5, 0.6) is 0 Å². The van der Waals surface area contributed by atoms with Crippen LogP contribution in [0.4, 0.5) is 0 Å². The smallest absolute Gasteiger partial charge is 0.265 e. The van der Waals surface area contributed by atoms with E-state index in [-0.39, 0.29) is 12.6 Å². The van der Waals surface area contributed by atoms with Crippen LogP contribution in [0.3, 0.4) is 0 Å². The summed E-state index contributed by atoms with van der Waals surface area (Å²) in [6.45, 7) is 4.07. The molecule has 0 aromatic carbocycles. The molecule has 0 amide bonds. The number of rotatable bonds is 33. The highest BCUT2D eigenvalue weighted by atomic mass is 31.2. The maximum absolute atomic E-state index is 10.4. The minimum absolute atomic E-state index is 0.00739. The Morgan fingerprint density at radius 3 is 1.29 bits per heavy atom. The number of likely N-dealkylation sites (N-methyl/N-ethyl adjacent to an activating group) is 1. The van der Waals surface area contributed by atoms with Gasteiger partial charge in [0.25, 0.3) is 7.82 Å². The normalized spacial score (nSPS) is 16.0. The molecule has 5 atom stereocenters. The van der Waals surface area contributed by atoms with E-state index in [9.17, 15) is 24.8 Å². The van der Waals surface area contributed by atoms with Crippen LogP contribution >= 0.6 is 7.82 Å². The molecule has 49 heavy (non-hydrogen) atoms. The van der Waals surface area contributed by atoms with Gasteiger partial charge in [0.1, 0.15) is 12.1 Å². The van der Waals surface area contributed by atoms with E-state index in [0.717, 1.165) is 19.3 Å². The van der Waals surface area contributed by atoms with Crippen LogP contribution in [0.2, 0.25) is 0 Å². The molecule has 0 aliphatic heterocycles. The molecule has 0 aromatic rings. The Hall–Kier alpha value is -0.610. The zero-order valence-electron chi connectivity index (χ0n) is 32.5. The van der Waals surface area contributed by atoms with Gasteiger partial charge in [0.2, 0.25) is 0 Å². The van der Waals surface area contributed by atoms with Crippen molar-refractivity contribution in [1.29, 1.82) is 0 Å². The van der Waals surface area contributed by atoms with Crippen LogP contribution < -0.4 is 10.6 Å². The lowest BCUT2D eigenvalue weighted by molar-refractivity contribution is -0.899. The Morgan fingerprint density at radius 2 is 0.980 bits per heavy atom. The van der Waals surface area contributed by atoms with Gasteiger partial charge in [-0.15, -0.1) is 0 Å². The Kier molecular flexibility index (Phi) is 35.5. The van der Waals surface area contributed by atoms with Crippen LogP contribution in [0.15, 0.2) is 24.3 Å². The van der Waals surface area contributed by atoms with Crippen LogP contribution in [0.25, 0.3) is 0 Å². The quantitative estimate of drug-likeness (QED) is 0.0197. The highest BCUT2D eigenvalue weighted by Crippen LogP contribution is 2.30. The highest BCUT2D eigenvalue weighted by molar-refractivity contribution is 7.44. The van der Waals surface area contributed by atoms with Crippen LogP contribution in [0.1, 0.15) is 168 Å². The first kappa shape index (κ1) is 50.5. The summed E-state index contributed by atoms with van der Waals surface area (Å²) < 4.78 is 15.2. The number of nitrogens with two attached hydrogens (primary N) is 1. The van der Waals surface area contributed by atoms with Gasteiger partial charge in [0.05, 0.1) is 46.5 Å². The molecule has 0 fully saturated rings. The molecule has 0 radical (unpaired) electrons. The standard InChI is InChI=1S/C21H44NO2.C18H38NO5P/c1-5-6-7-8-9-10-11-12-13-14-15-16-17-18-21(24)20(19-23)22(2,3)4;1-2-3-4-5-6-7-8-9-10-11-12-13-14-15-18(20)17(19)16-24-25(21,22)23/h17-18,20-21,23-24H,5-16,19H2,1-4H3;14-15,17-18,20H,2-13,16,19H2,1H3,(H2,21,22,23)/q+1;/p-1/b18-17+;15-14+/t20-,21+;17-,18+/m00/s1. The molecule has 0 spiro atoms. The van der Waals surface area contributed by atoms with Gasteiger partial charge in [-0.05, 0) is 25.7 Å². The van der Waals surface area contributed by atoms with E-state index < -0.39 is 32.7 Å². The van der Waals surface area contributed by atoms with Gasteiger partial charge < -0.3 is 39.8 Å². The number of unbranched alkanes of at least 4 members (excludes halogenated alkanes) is 22. The third-order valence-corrected chi connectivity index (χ3v) is 9.54. The highest BCUT2D eigenvalue weighted by Gasteiger charge is 2.28. The Labute approximate surface area is 302 Å². The van der Waals surface area contributed by atoms with Gasteiger partial charge in [0, 0.05) is 0 Å². The summed E-state index contributed by atoms with van der Waals surface area (Å²) in [5, 5.41) is 29.3. The number of aliphatic hydroxyl groups excluding tert-OH is 3. The summed E-state index contributed by atoms with van der Waals surface area (Å²) in [7, 11) is 1.22. The molecule has 0 bridgehead atoms. The van der Waals surface area contributed by atoms with Crippen molar-refractivity contribution in [2.75, 3.05) is 34.4 Å². The fraction of sp³-hybridized carbons (Fsp3) is 0.897. The van der Waals surface area contributed by atoms with Crippen molar-refractivity contribution < 1.29 is 38.7 Å². The second-order valence-electron chi connectivity index (χ2n) is 14.8. The molecule has 0 saturated carbocycles. The van der Waals surface area contributed by atoms with E-state index in [1.807, 2.05) is 33.3 Å². The third-order valence-electron chi connectivity index (χ3n) is 9.06. The van der Waals surface area contributed by atoms with Crippen molar-refractivity contribution in [2.45, 2.75) is 192 Å². The van der Waals surface area contributed by atoms with Crippen molar-refractivity contribution in [3.63, 3.8) is 0 Å². The molecule has 1 unspecified atom stereocenters. The van der Waals surface area contributed by atoms with E-state index >= 15 is 0 Å². The van der Waals surface area contributed by atoms with E-state index in [1.54, 1.807) is 6.08 Å². The molecule has 9 nitrogen and oxygen atoms in total. The van der Waals surface area contributed by atoms with Gasteiger partial charge in [0.15, 0.2) is 0 Å². The minimum atomic E-state index is -4.78. The number of allylic oxidation sites excluding steroid dienone is 2. The number of hydrogen-bond donors (Lipinski definition) is 5. The van der Waals surface area contributed by atoms with Crippen molar-refractivity contribution in [3.8, 4) is 0 Å². The lowest BCUT2D eigenvalue weighted by Crippen LogP contribution is -2.53. The molecule has 10 heteroatoms. The van der Waals surface area contributed by atoms with Gasteiger partial charge in [-0.3, -0.25) is 4.57 Å². The van der Waals surface area contributed by atoms with Crippen molar-refractivity contribution in [3.05, 3.63) is 24.3 Å². The fourth-order valence-corrected chi connectivity index (χ4v) is 6.05. The van der Waals surface area contributed by atoms with Crippen molar-refractivity contribution >= 4 is 7.82 Å². The summed E-state index contributed by atoms with van der Waals surface area (Å²) in [5.74, 6) is 0. The van der Waals surface area contributed by atoms with Gasteiger partial charge in [-0.2, -0.15) is 0 Å². The van der Waals surface area contributed by atoms with Gasteiger partial charge in [-0.25, -0.2) is 0 Å². The second kappa shape index (κ2) is 34.5. The first-order valence-electron chi connectivity index (χ1n) is 19.8. The first-order chi connectivity index (χ1) is 23.3. The minimum Gasteiger partial charge on any atom is -0.756 e. The largest absolute Gasteiger partial charge is 0.756 e. The van der Waals surface area contributed by atoms with E-state index in [0.29, 0.717) is 4.48 Å². The molecule has 294 valence electrons. The van der Waals surface area contributed by atoms with Crippen LogP contribution in [0, 0.1) is 0 Å². The maximum atomic E-state index is 10.4. The molecule has 0 saturated heterocycles. The molecular formula is C39H81N2O7P. The van der Waals surface area contributed by atoms with E-state index in [2.05, 4.69) is 24.4 Å². The number of nitrogens with zero attached hydrogens (tertiary/aromatic N) is 1. The molecule has 6 N–H and O–H groups in total. The Balaban J connectivity index is 0. The van der Waals surface area contributed by atoms with Gasteiger partial charge >= 0.3 is 0 Å². The average molecular weight is 721 g/mol. The van der Waals surface area contributed by atoms with Crippen LogP contribution in [-0.2, 0) is 9.09 Å². The van der Waals surface area contributed by atoms with Crippen molar-refractivity contribution in [1.82, 2.24) is 0 Å². The monoisotopic (exact) mass is 721 g/mol. The predicted octanol–water partition coefficient (Wildman–Crippen LogP) is 8.08. The lowest BCUT2D eigenvalue weighted by Gasteiger charge is -2.34. The number of hydrogen-bond acceptors (Lipinski definition) is 7. The van der Waals surface area contributed by atoms with Crippen LogP contribution in [-0.4, -0.2) is 83.3 Å². The summed E-state index contributed by atoms with van der Waals surface area (Å²) in [6, 6.07) is -1.04. The average Bonchev–Trinajstić information content (AvgIpc) is 3.03. The van der Waals surface area contributed by atoms with E-state index in [1.165, 1.54) is 135 Å². The third kappa shape index (κ3) is 37.0. The summed E-state index contributed by atoms with van der Waals surface area (Å²) in [6.07, 6.45) is 36.9. The molecule has 0 aromatic heterocycles. The molecular weight excluding hydrogens is 639 g/mol. The van der Waals surface area contributed by atoms with Gasteiger partial charge in [-0.1, -0.05) is 167 Å². The lowest BCUT2D eigenvalue weighted by atomic mass is 10.0. The Bertz CT molecular complexity index is 801. The number of quaternary nitrogens is 1. The molecule has 0 aliphatic carbocycles. The number of phosphoric ester groups is 1. The zero-order valence-corrected chi connectivity index (χ0v) is 33.4. The first-order valence-corrected chi connectivity index (χ1v) is 21.3. The van der Waals surface area contributed by atoms with Crippen molar-refractivity contribution in [2.24, 2.45) is 5.73 Å². The molecule has 0 heterocycles. The number of phosphoric acid groups is 1. The molecule has 0 aliphatic rings. The topological polar surface area (TPSA) is 156 Å². The second-order valence-corrected chi connectivity index (χ2v) is 16.0. The Morgan fingerprint density at radius 1 is 0.653 bits per heavy atom. The zero-order chi connectivity index (χ0) is 37.2. The maximum Gasteiger partial charge on any atom is 0.265 e. The summed E-state index contributed by atoms with van der Waals surface area (Å²) in [4.78, 5) is 18.9. The fourth-order valence-electron chi connectivity index (χ4n) is 5.69.